The van der Waals surface area contributed by atoms with Gasteiger partial charge in [-0.2, -0.15) is 0 Å². The van der Waals surface area contributed by atoms with Crippen molar-refractivity contribution in [1.82, 2.24) is 14.9 Å². The van der Waals surface area contributed by atoms with E-state index in [-0.39, 0.29) is 6.04 Å². The molecule has 1 unspecified atom stereocenters. The molecule has 0 aliphatic carbocycles. The van der Waals surface area contributed by atoms with Crippen molar-refractivity contribution < 1.29 is 0 Å². The number of thiophene rings is 1. The summed E-state index contributed by atoms with van der Waals surface area (Å²) >= 11 is 1.82. The Hall–Kier alpha value is -1.13. The summed E-state index contributed by atoms with van der Waals surface area (Å²) in [5.41, 5.74) is 1.19. The molecule has 0 aliphatic rings. The van der Waals surface area contributed by atoms with Crippen molar-refractivity contribution in [3.05, 3.63) is 40.1 Å². The number of aryl methyl sites for hydroxylation is 2. The summed E-state index contributed by atoms with van der Waals surface area (Å²) in [6.07, 6.45) is 3.75. The smallest absolute Gasteiger partial charge is 0.0946 e. The number of nitrogens with one attached hydrogen (secondary N) is 1. The van der Waals surface area contributed by atoms with Gasteiger partial charge in [0, 0.05) is 16.8 Å². The first-order valence-electron chi connectivity index (χ1n) is 4.92. The van der Waals surface area contributed by atoms with Crippen LogP contribution in [-0.2, 0) is 7.05 Å². The first-order valence-corrected chi connectivity index (χ1v) is 5.74. The summed E-state index contributed by atoms with van der Waals surface area (Å²) in [7, 11) is 4.00. The molecule has 15 heavy (non-hydrogen) atoms. The maximum atomic E-state index is 4.15. The third-order valence-electron chi connectivity index (χ3n) is 2.48. The van der Waals surface area contributed by atoms with E-state index >= 15 is 0 Å². The summed E-state index contributed by atoms with van der Waals surface area (Å²) in [6, 6.07) is 4.57. The molecule has 0 radical (unpaired) electrons. The normalized spacial score (nSPS) is 13.0. The van der Waals surface area contributed by atoms with Crippen molar-refractivity contribution in [2.75, 3.05) is 7.05 Å². The predicted octanol–water partition coefficient (Wildman–Crippen LogP) is 2.10. The van der Waals surface area contributed by atoms with Crippen LogP contribution >= 0.6 is 11.3 Å². The zero-order valence-electron chi connectivity index (χ0n) is 9.19. The maximum Gasteiger partial charge on any atom is 0.0946 e. The standard InChI is InChI=1S/C11H15N3S/c1-8-4-5-10(15-8)11(12-2)9-6-13-7-14(9)3/h4-7,11-12H,1-3H3. The Bertz CT molecular complexity index is 444. The maximum absolute atomic E-state index is 4.15. The lowest BCUT2D eigenvalue weighted by atomic mass is 10.2. The molecular formula is C11H15N3S. The molecule has 2 aromatic rings. The van der Waals surface area contributed by atoms with Gasteiger partial charge in [0.2, 0.25) is 0 Å². The van der Waals surface area contributed by atoms with E-state index < -0.39 is 0 Å². The zero-order chi connectivity index (χ0) is 10.8. The quantitative estimate of drug-likeness (QED) is 0.860. The molecule has 0 aromatic carbocycles. The third kappa shape index (κ3) is 1.96. The number of aromatic nitrogens is 2. The first kappa shape index (κ1) is 10.4. The van der Waals surface area contributed by atoms with Crippen LogP contribution in [0.1, 0.15) is 21.5 Å². The second-order valence-electron chi connectivity index (χ2n) is 3.60. The van der Waals surface area contributed by atoms with Gasteiger partial charge in [0.25, 0.3) is 0 Å². The molecule has 0 aliphatic heterocycles. The van der Waals surface area contributed by atoms with E-state index in [1.54, 1.807) is 0 Å². The van der Waals surface area contributed by atoms with Crippen LogP contribution in [0.5, 0.6) is 0 Å². The highest BCUT2D eigenvalue weighted by Crippen LogP contribution is 2.27. The fourth-order valence-electron chi connectivity index (χ4n) is 1.69. The molecule has 1 N–H and O–H groups in total. The van der Waals surface area contributed by atoms with Crippen molar-refractivity contribution >= 4 is 11.3 Å². The van der Waals surface area contributed by atoms with Gasteiger partial charge in [-0.15, -0.1) is 11.3 Å². The van der Waals surface area contributed by atoms with Gasteiger partial charge < -0.3 is 9.88 Å². The number of hydrogen-bond donors (Lipinski definition) is 1. The number of hydrogen-bond acceptors (Lipinski definition) is 3. The molecule has 80 valence electrons. The highest BCUT2D eigenvalue weighted by Gasteiger charge is 2.16. The Labute approximate surface area is 93.8 Å². The lowest BCUT2D eigenvalue weighted by molar-refractivity contribution is 0.647. The zero-order valence-corrected chi connectivity index (χ0v) is 10.0. The molecule has 2 aromatic heterocycles. The molecule has 0 amide bonds. The van der Waals surface area contributed by atoms with Gasteiger partial charge in [-0.3, -0.25) is 0 Å². The van der Waals surface area contributed by atoms with E-state index in [0.717, 1.165) is 0 Å². The van der Waals surface area contributed by atoms with E-state index in [1.807, 2.05) is 38.0 Å². The van der Waals surface area contributed by atoms with Crippen LogP contribution in [0.15, 0.2) is 24.7 Å². The lowest BCUT2D eigenvalue weighted by Gasteiger charge is -2.14. The molecule has 0 fully saturated rings. The van der Waals surface area contributed by atoms with Crippen molar-refractivity contribution in [3.63, 3.8) is 0 Å². The Morgan fingerprint density at radius 1 is 1.47 bits per heavy atom. The minimum absolute atomic E-state index is 0.246. The molecule has 2 rings (SSSR count). The first-order chi connectivity index (χ1) is 7.22. The van der Waals surface area contributed by atoms with E-state index in [2.05, 4.69) is 33.9 Å². The molecule has 0 spiro atoms. The second-order valence-corrected chi connectivity index (χ2v) is 4.92. The number of rotatable bonds is 3. The van der Waals surface area contributed by atoms with Gasteiger partial charge >= 0.3 is 0 Å². The van der Waals surface area contributed by atoms with Gasteiger partial charge in [0.05, 0.1) is 24.3 Å². The van der Waals surface area contributed by atoms with Crippen molar-refractivity contribution in [3.8, 4) is 0 Å². The SMILES string of the molecule is CNC(c1ccc(C)s1)c1cncn1C. The molecular weight excluding hydrogens is 206 g/mol. The van der Waals surface area contributed by atoms with Crippen LogP contribution in [0.3, 0.4) is 0 Å². The minimum atomic E-state index is 0.246. The van der Waals surface area contributed by atoms with Gasteiger partial charge in [0.1, 0.15) is 0 Å². The Morgan fingerprint density at radius 2 is 2.27 bits per heavy atom. The van der Waals surface area contributed by atoms with E-state index in [4.69, 9.17) is 0 Å². The average molecular weight is 221 g/mol. The Morgan fingerprint density at radius 3 is 2.73 bits per heavy atom. The van der Waals surface area contributed by atoms with Crippen LogP contribution in [0, 0.1) is 6.92 Å². The summed E-state index contributed by atoms with van der Waals surface area (Å²) in [5.74, 6) is 0. The van der Waals surface area contributed by atoms with Crippen molar-refractivity contribution in [1.29, 1.82) is 0 Å². The van der Waals surface area contributed by atoms with Crippen molar-refractivity contribution in [2.24, 2.45) is 7.05 Å². The highest BCUT2D eigenvalue weighted by atomic mass is 32.1. The molecule has 0 bridgehead atoms. The van der Waals surface area contributed by atoms with Gasteiger partial charge in [-0.05, 0) is 26.1 Å². The number of imidazole rings is 1. The van der Waals surface area contributed by atoms with Gasteiger partial charge in [-0.25, -0.2) is 4.98 Å². The van der Waals surface area contributed by atoms with Crippen LogP contribution in [0.2, 0.25) is 0 Å². The largest absolute Gasteiger partial charge is 0.336 e. The van der Waals surface area contributed by atoms with Crippen LogP contribution < -0.4 is 5.32 Å². The summed E-state index contributed by atoms with van der Waals surface area (Å²) in [4.78, 5) is 6.82. The van der Waals surface area contributed by atoms with Crippen LogP contribution in [0.25, 0.3) is 0 Å². The monoisotopic (exact) mass is 221 g/mol. The fraction of sp³-hybridized carbons (Fsp3) is 0.364. The molecule has 4 heteroatoms. The van der Waals surface area contributed by atoms with E-state index in [0.29, 0.717) is 0 Å². The van der Waals surface area contributed by atoms with Crippen LogP contribution in [0.4, 0.5) is 0 Å². The van der Waals surface area contributed by atoms with E-state index in [9.17, 15) is 0 Å². The van der Waals surface area contributed by atoms with Gasteiger partial charge in [-0.1, -0.05) is 0 Å². The molecule has 3 nitrogen and oxygen atoms in total. The molecule has 1 atom stereocenters. The number of nitrogens with zero attached hydrogens (tertiary/aromatic N) is 2. The molecule has 0 saturated heterocycles. The minimum Gasteiger partial charge on any atom is -0.336 e. The lowest BCUT2D eigenvalue weighted by Crippen LogP contribution is -2.18. The van der Waals surface area contributed by atoms with E-state index in [1.165, 1.54) is 15.4 Å². The summed E-state index contributed by atoms with van der Waals surface area (Å²) < 4.78 is 2.05. The topological polar surface area (TPSA) is 29.9 Å². The second kappa shape index (κ2) is 4.16. The average Bonchev–Trinajstić information content (AvgIpc) is 2.79. The molecule has 0 saturated carbocycles. The summed E-state index contributed by atoms with van der Waals surface area (Å²) in [5, 5.41) is 3.32. The van der Waals surface area contributed by atoms with Crippen molar-refractivity contribution in [2.45, 2.75) is 13.0 Å². The highest BCUT2D eigenvalue weighted by molar-refractivity contribution is 7.12. The molecule has 2 heterocycles. The van der Waals surface area contributed by atoms with Crippen LogP contribution in [-0.4, -0.2) is 16.6 Å². The third-order valence-corrected chi connectivity index (χ3v) is 3.55. The fourth-order valence-corrected chi connectivity index (χ4v) is 2.69. The Kier molecular flexibility index (Phi) is 2.88. The Balaban J connectivity index is 2.36. The summed E-state index contributed by atoms with van der Waals surface area (Å²) in [6.45, 7) is 2.13. The predicted molar refractivity (Wildman–Crippen MR) is 63.2 cm³/mol. The van der Waals surface area contributed by atoms with Gasteiger partial charge in [0.15, 0.2) is 0 Å².